The van der Waals surface area contributed by atoms with E-state index in [0.29, 0.717) is 27.3 Å². The van der Waals surface area contributed by atoms with Crippen LogP contribution in [0, 0.1) is 5.41 Å². The summed E-state index contributed by atoms with van der Waals surface area (Å²) in [4.78, 5) is 24.9. The van der Waals surface area contributed by atoms with Crippen molar-refractivity contribution in [2.45, 2.75) is 27.7 Å². The molecule has 27 heavy (non-hydrogen) atoms. The number of Topliss-reactive ketones (excluding diaryl/α,β-unsaturated/α-hetero) is 1. The van der Waals surface area contributed by atoms with Crippen LogP contribution in [0.3, 0.4) is 0 Å². The Kier molecular flexibility index (Phi) is 6.70. The molecular weight excluding hydrogens is 430 g/mol. The first-order chi connectivity index (χ1) is 12.6. The third-order valence-electron chi connectivity index (χ3n) is 3.89. The van der Waals surface area contributed by atoms with Gasteiger partial charge >= 0.3 is 0 Å². The Balaban J connectivity index is 2.60. The number of hydrogen-bond acceptors (Lipinski definition) is 5. The first-order valence-electron chi connectivity index (χ1n) is 8.52. The molecule has 0 aliphatic carbocycles. The number of carbonyl (C=O) groups excluding carboxylic acids is 1. The molecule has 2 rings (SSSR count). The van der Waals surface area contributed by atoms with E-state index in [-0.39, 0.29) is 11.3 Å². The minimum atomic E-state index is -0.489. The minimum Gasteiger partial charge on any atom is -0.493 e. The second-order valence-electron chi connectivity index (χ2n) is 7.04. The summed E-state index contributed by atoms with van der Waals surface area (Å²) in [6.07, 6.45) is 3.33. The fourth-order valence-corrected chi connectivity index (χ4v) is 3.90. The molecule has 0 N–H and O–H groups in total. The third kappa shape index (κ3) is 4.90. The molecule has 0 spiro atoms. The van der Waals surface area contributed by atoms with E-state index < -0.39 is 5.41 Å². The van der Waals surface area contributed by atoms with Crippen LogP contribution >= 0.6 is 27.3 Å². The van der Waals surface area contributed by atoms with Gasteiger partial charge in [0.25, 0.3) is 5.56 Å². The normalized spacial score (nSPS) is 13.1. The summed E-state index contributed by atoms with van der Waals surface area (Å²) in [5.74, 6) is 1.19. The van der Waals surface area contributed by atoms with E-state index in [2.05, 4.69) is 15.9 Å². The molecule has 1 heterocycles. The number of carbonyl (C=O) groups is 1. The number of thiazole rings is 1. The molecule has 2 aromatic rings. The summed E-state index contributed by atoms with van der Waals surface area (Å²) in [7, 11) is 3.25. The topological polar surface area (TPSA) is 57.5 Å². The molecule has 0 atom stereocenters. The lowest BCUT2D eigenvalue weighted by atomic mass is 9.91. The van der Waals surface area contributed by atoms with E-state index in [1.165, 1.54) is 22.0 Å². The van der Waals surface area contributed by atoms with Gasteiger partial charge in [0.1, 0.15) is 4.66 Å². The minimum absolute atomic E-state index is 0.0172. The van der Waals surface area contributed by atoms with Gasteiger partial charge in [-0.05, 0) is 46.6 Å². The Bertz CT molecular complexity index is 1030. The van der Waals surface area contributed by atoms with E-state index in [1.807, 2.05) is 39.8 Å². The lowest BCUT2D eigenvalue weighted by Crippen LogP contribution is -2.30. The number of hydrogen-bond donors (Lipinski definition) is 0. The van der Waals surface area contributed by atoms with Gasteiger partial charge in [-0.1, -0.05) is 20.8 Å². The average molecular weight is 454 g/mol. The highest BCUT2D eigenvalue weighted by Gasteiger charge is 2.19. The number of halogens is 1. The quantitative estimate of drug-likeness (QED) is 0.698. The lowest BCUT2D eigenvalue weighted by Gasteiger charge is -2.12. The zero-order chi connectivity index (χ0) is 20.4. The molecule has 0 aliphatic rings. The van der Waals surface area contributed by atoms with Gasteiger partial charge in [-0.3, -0.25) is 9.59 Å². The largest absolute Gasteiger partial charge is 0.493 e. The van der Waals surface area contributed by atoms with Crippen LogP contribution in [0.1, 0.15) is 33.3 Å². The highest BCUT2D eigenvalue weighted by molar-refractivity contribution is 9.10. The van der Waals surface area contributed by atoms with E-state index in [1.54, 1.807) is 20.2 Å². The van der Waals surface area contributed by atoms with Crippen molar-refractivity contribution in [1.82, 2.24) is 4.57 Å². The highest BCUT2D eigenvalue weighted by Crippen LogP contribution is 2.36. The van der Waals surface area contributed by atoms with Crippen LogP contribution in [0.2, 0.25) is 0 Å². The second kappa shape index (κ2) is 8.44. The monoisotopic (exact) mass is 453 g/mol. The number of ketones is 1. The van der Waals surface area contributed by atoms with Gasteiger partial charge in [-0.2, -0.15) is 0 Å². The number of aromatic nitrogens is 1. The van der Waals surface area contributed by atoms with Crippen molar-refractivity contribution in [3.8, 4) is 11.5 Å². The SMILES string of the molecule is CCOc1c(Br)cc(C=c2sc(=CC(=O)C(C)(C)C)n(C)c2=O)cc1OC. The molecule has 7 heteroatoms. The number of rotatable bonds is 5. The van der Waals surface area contributed by atoms with Crippen LogP contribution in [-0.4, -0.2) is 24.1 Å². The summed E-state index contributed by atoms with van der Waals surface area (Å²) in [5, 5.41) is 0. The van der Waals surface area contributed by atoms with Crippen molar-refractivity contribution in [2.75, 3.05) is 13.7 Å². The predicted molar refractivity (Wildman–Crippen MR) is 113 cm³/mol. The van der Waals surface area contributed by atoms with Gasteiger partial charge in [0.2, 0.25) is 0 Å². The fraction of sp³-hybridized carbons (Fsp3) is 0.400. The Morgan fingerprint density at radius 2 is 2.00 bits per heavy atom. The van der Waals surface area contributed by atoms with E-state index in [4.69, 9.17) is 9.47 Å². The third-order valence-corrected chi connectivity index (χ3v) is 5.59. The second-order valence-corrected chi connectivity index (χ2v) is 8.96. The number of methoxy groups -OCH3 is 1. The lowest BCUT2D eigenvalue weighted by molar-refractivity contribution is -0.120. The molecule has 146 valence electrons. The van der Waals surface area contributed by atoms with Crippen LogP contribution in [0.4, 0.5) is 0 Å². The van der Waals surface area contributed by atoms with E-state index in [9.17, 15) is 9.59 Å². The molecule has 0 unspecified atom stereocenters. The molecule has 0 saturated heterocycles. The maximum Gasteiger partial charge on any atom is 0.268 e. The number of nitrogens with zero attached hydrogens (tertiary/aromatic N) is 1. The summed E-state index contributed by atoms with van der Waals surface area (Å²) in [5.41, 5.74) is 0.170. The average Bonchev–Trinajstić information content (AvgIpc) is 2.84. The van der Waals surface area contributed by atoms with Crippen molar-refractivity contribution in [1.29, 1.82) is 0 Å². The molecule has 0 bridgehead atoms. The molecule has 5 nitrogen and oxygen atoms in total. The van der Waals surface area contributed by atoms with Crippen LogP contribution in [-0.2, 0) is 11.8 Å². The Hall–Kier alpha value is -1.86. The van der Waals surface area contributed by atoms with Crippen LogP contribution in [0.25, 0.3) is 12.2 Å². The van der Waals surface area contributed by atoms with Gasteiger partial charge in [0.05, 0.1) is 22.7 Å². The van der Waals surface area contributed by atoms with Crippen molar-refractivity contribution in [3.63, 3.8) is 0 Å². The molecule has 1 aromatic heterocycles. The zero-order valence-corrected chi connectivity index (χ0v) is 18.8. The van der Waals surface area contributed by atoms with Gasteiger partial charge in [0, 0.05) is 18.5 Å². The van der Waals surface area contributed by atoms with Gasteiger partial charge in [-0.25, -0.2) is 0 Å². The molecule has 0 amide bonds. The zero-order valence-electron chi connectivity index (χ0n) is 16.4. The maximum absolute atomic E-state index is 12.6. The van der Waals surface area contributed by atoms with Crippen molar-refractivity contribution in [2.24, 2.45) is 12.5 Å². The standard InChI is InChI=1S/C20H24BrNO4S/c1-7-26-18-13(21)8-12(9-14(18)25-6)10-15-19(24)22(5)17(27-15)11-16(23)20(2,3)4/h8-11H,7H2,1-6H3. The van der Waals surface area contributed by atoms with Crippen molar-refractivity contribution >= 4 is 45.2 Å². The van der Waals surface area contributed by atoms with Crippen LogP contribution < -0.4 is 24.2 Å². The Labute approximate surface area is 171 Å². The summed E-state index contributed by atoms with van der Waals surface area (Å²) < 4.78 is 14.4. The highest BCUT2D eigenvalue weighted by atomic mass is 79.9. The Morgan fingerprint density at radius 1 is 1.33 bits per heavy atom. The fourth-order valence-electron chi connectivity index (χ4n) is 2.30. The van der Waals surface area contributed by atoms with Crippen molar-refractivity contribution < 1.29 is 14.3 Å². The van der Waals surface area contributed by atoms with Gasteiger partial charge < -0.3 is 14.0 Å². The van der Waals surface area contributed by atoms with E-state index >= 15 is 0 Å². The van der Waals surface area contributed by atoms with Crippen LogP contribution in [0.15, 0.2) is 21.4 Å². The first kappa shape index (κ1) is 21.4. The van der Waals surface area contributed by atoms with E-state index in [0.717, 1.165) is 10.0 Å². The molecule has 0 fully saturated rings. The smallest absolute Gasteiger partial charge is 0.268 e. The first-order valence-corrected chi connectivity index (χ1v) is 10.1. The summed E-state index contributed by atoms with van der Waals surface area (Å²) in [6, 6.07) is 3.69. The number of ether oxygens (including phenoxy) is 2. The molecule has 0 aliphatic heterocycles. The Morgan fingerprint density at radius 3 is 2.56 bits per heavy atom. The molecule has 1 aromatic carbocycles. The predicted octanol–water partition coefficient (Wildman–Crippen LogP) is 2.84. The summed E-state index contributed by atoms with van der Waals surface area (Å²) in [6.45, 7) is 7.99. The molecule has 0 radical (unpaired) electrons. The summed E-state index contributed by atoms with van der Waals surface area (Å²) >= 11 is 4.78. The van der Waals surface area contributed by atoms with Crippen LogP contribution in [0.5, 0.6) is 11.5 Å². The van der Waals surface area contributed by atoms with Crippen molar-refractivity contribution in [3.05, 3.63) is 41.7 Å². The maximum atomic E-state index is 12.6. The molecular formula is C20H24BrNO4S. The van der Waals surface area contributed by atoms with Gasteiger partial charge in [0.15, 0.2) is 17.3 Å². The number of benzene rings is 1. The molecule has 0 saturated carbocycles. The van der Waals surface area contributed by atoms with Gasteiger partial charge in [-0.15, -0.1) is 11.3 Å².